The molecule has 0 spiro atoms. The van der Waals surface area contributed by atoms with Crippen molar-refractivity contribution in [1.29, 1.82) is 5.26 Å². The van der Waals surface area contributed by atoms with Crippen molar-refractivity contribution >= 4 is 0 Å². The highest BCUT2D eigenvalue weighted by molar-refractivity contribution is 5.35. The van der Waals surface area contributed by atoms with Crippen molar-refractivity contribution in [3.8, 4) is 11.8 Å². The fourth-order valence-corrected chi connectivity index (χ4v) is 1.29. The molecule has 0 amide bonds. The highest BCUT2D eigenvalue weighted by Gasteiger charge is 1.95. The summed E-state index contributed by atoms with van der Waals surface area (Å²) in [6, 6.07) is 9.99. The molecule has 0 aliphatic carbocycles. The van der Waals surface area contributed by atoms with E-state index >= 15 is 0 Å². The Morgan fingerprint density at radius 2 is 2.07 bits per heavy atom. The zero-order valence-corrected chi connectivity index (χ0v) is 7.59. The summed E-state index contributed by atoms with van der Waals surface area (Å²) in [6.07, 6.45) is 5.84. The minimum absolute atomic E-state index is 0.463. The number of benzene rings is 1. The lowest BCUT2D eigenvalue weighted by molar-refractivity contribution is 1.05. The molecule has 1 heterocycles. The molecular weight excluding hydrogens is 174 g/mol. The summed E-state index contributed by atoms with van der Waals surface area (Å²) in [6.45, 7) is 0. The van der Waals surface area contributed by atoms with Crippen LogP contribution in [0, 0.1) is 11.3 Å². The molecule has 3 heteroatoms. The number of nitrogens with zero attached hydrogens (tertiary/aromatic N) is 3. The SMILES string of the molecule is N#CCc1ccc(-n2ccnc2)cc1. The molecular formula is C11H9N3. The number of imidazole rings is 1. The van der Waals surface area contributed by atoms with Crippen molar-refractivity contribution in [2.45, 2.75) is 6.42 Å². The van der Waals surface area contributed by atoms with Gasteiger partial charge in [-0.05, 0) is 17.7 Å². The highest BCUT2D eigenvalue weighted by atomic mass is 15.0. The molecule has 2 rings (SSSR count). The molecule has 0 atom stereocenters. The molecule has 0 aliphatic rings. The van der Waals surface area contributed by atoms with Crippen LogP contribution < -0.4 is 0 Å². The third-order valence-electron chi connectivity index (χ3n) is 2.02. The minimum atomic E-state index is 0.463. The highest BCUT2D eigenvalue weighted by Crippen LogP contribution is 2.09. The number of nitriles is 1. The number of aromatic nitrogens is 2. The maximum Gasteiger partial charge on any atom is 0.0991 e. The first-order chi connectivity index (χ1) is 6.90. The van der Waals surface area contributed by atoms with Gasteiger partial charge in [0, 0.05) is 18.1 Å². The first-order valence-corrected chi connectivity index (χ1v) is 4.34. The van der Waals surface area contributed by atoms with Gasteiger partial charge in [0.15, 0.2) is 0 Å². The van der Waals surface area contributed by atoms with Crippen molar-refractivity contribution in [2.75, 3.05) is 0 Å². The van der Waals surface area contributed by atoms with Crippen molar-refractivity contribution in [3.63, 3.8) is 0 Å². The van der Waals surface area contributed by atoms with E-state index in [4.69, 9.17) is 5.26 Å². The molecule has 3 nitrogen and oxygen atoms in total. The molecule has 68 valence electrons. The van der Waals surface area contributed by atoms with Gasteiger partial charge in [0.1, 0.15) is 0 Å². The Hall–Kier alpha value is -2.08. The largest absolute Gasteiger partial charge is 0.306 e. The Morgan fingerprint density at radius 1 is 1.29 bits per heavy atom. The van der Waals surface area contributed by atoms with Gasteiger partial charge in [0.2, 0.25) is 0 Å². The Kier molecular flexibility index (Phi) is 2.28. The Morgan fingerprint density at radius 3 is 2.64 bits per heavy atom. The van der Waals surface area contributed by atoms with Crippen molar-refractivity contribution < 1.29 is 0 Å². The third kappa shape index (κ3) is 1.64. The fourth-order valence-electron chi connectivity index (χ4n) is 1.29. The van der Waals surface area contributed by atoms with Crippen LogP contribution in [0.25, 0.3) is 5.69 Å². The summed E-state index contributed by atoms with van der Waals surface area (Å²) < 4.78 is 1.93. The first kappa shape index (κ1) is 8.52. The minimum Gasteiger partial charge on any atom is -0.306 e. The molecule has 1 aromatic carbocycles. The van der Waals surface area contributed by atoms with Gasteiger partial charge in [-0.1, -0.05) is 12.1 Å². The van der Waals surface area contributed by atoms with Crippen LogP contribution in [0.1, 0.15) is 5.56 Å². The Balaban J connectivity index is 2.27. The topological polar surface area (TPSA) is 41.6 Å². The summed E-state index contributed by atoms with van der Waals surface area (Å²) in [4.78, 5) is 3.97. The standard InChI is InChI=1S/C11H9N3/c12-6-5-10-1-3-11(4-2-10)14-8-7-13-9-14/h1-4,7-9H,5H2. The predicted molar refractivity (Wildman–Crippen MR) is 52.9 cm³/mol. The second kappa shape index (κ2) is 3.75. The zero-order valence-electron chi connectivity index (χ0n) is 7.59. The summed E-state index contributed by atoms with van der Waals surface area (Å²) in [5, 5.41) is 8.51. The van der Waals surface area contributed by atoms with Crippen LogP contribution in [0.2, 0.25) is 0 Å². The molecule has 0 N–H and O–H groups in total. The molecule has 0 bridgehead atoms. The van der Waals surface area contributed by atoms with Crippen LogP contribution in [0.3, 0.4) is 0 Å². The zero-order chi connectivity index (χ0) is 9.80. The van der Waals surface area contributed by atoms with Crippen LogP contribution in [-0.4, -0.2) is 9.55 Å². The van der Waals surface area contributed by atoms with E-state index in [9.17, 15) is 0 Å². The molecule has 0 saturated carbocycles. The van der Waals surface area contributed by atoms with Crippen LogP contribution >= 0.6 is 0 Å². The van der Waals surface area contributed by atoms with Gasteiger partial charge in [0.05, 0.1) is 18.8 Å². The molecule has 0 unspecified atom stereocenters. The van der Waals surface area contributed by atoms with Crippen LogP contribution in [0.5, 0.6) is 0 Å². The van der Waals surface area contributed by atoms with Crippen LogP contribution in [-0.2, 0) is 6.42 Å². The Bertz CT molecular complexity index is 434. The summed E-state index contributed by atoms with van der Waals surface area (Å²) in [5.41, 5.74) is 2.10. The van der Waals surface area contributed by atoms with E-state index in [0.29, 0.717) is 6.42 Å². The van der Waals surface area contributed by atoms with E-state index < -0.39 is 0 Å². The molecule has 14 heavy (non-hydrogen) atoms. The van der Waals surface area contributed by atoms with Gasteiger partial charge >= 0.3 is 0 Å². The third-order valence-corrected chi connectivity index (χ3v) is 2.02. The molecule has 0 aliphatic heterocycles. The molecule has 2 aromatic rings. The molecule has 0 radical (unpaired) electrons. The fraction of sp³-hybridized carbons (Fsp3) is 0.0909. The predicted octanol–water partition coefficient (Wildman–Crippen LogP) is 1.94. The van der Waals surface area contributed by atoms with Crippen molar-refractivity contribution in [2.24, 2.45) is 0 Å². The molecule has 0 saturated heterocycles. The normalized spacial score (nSPS) is 9.64. The Labute approximate surface area is 82.2 Å². The second-order valence-corrected chi connectivity index (χ2v) is 2.97. The summed E-state index contributed by atoms with van der Waals surface area (Å²) in [5.74, 6) is 0. The van der Waals surface area contributed by atoms with E-state index in [-0.39, 0.29) is 0 Å². The van der Waals surface area contributed by atoms with Gasteiger partial charge in [-0.2, -0.15) is 5.26 Å². The second-order valence-electron chi connectivity index (χ2n) is 2.97. The lowest BCUT2D eigenvalue weighted by Gasteiger charge is -2.01. The number of hydrogen-bond acceptors (Lipinski definition) is 2. The van der Waals surface area contributed by atoms with E-state index in [1.165, 1.54) is 0 Å². The van der Waals surface area contributed by atoms with Crippen LogP contribution in [0.4, 0.5) is 0 Å². The smallest absolute Gasteiger partial charge is 0.0991 e. The van der Waals surface area contributed by atoms with E-state index in [2.05, 4.69) is 11.1 Å². The average Bonchev–Trinajstić information content (AvgIpc) is 2.72. The first-order valence-electron chi connectivity index (χ1n) is 4.34. The average molecular weight is 183 g/mol. The van der Waals surface area contributed by atoms with E-state index in [0.717, 1.165) is 11.3 Å². The van der Waals surface area contributed by atoms with Gasteiger partial charge in [-0.3, -0.25) is 0 Å². The van der Waals surface area contributed by atoms with Crippen LogP contribution in [0.15, 0.2) is 43.0 Å². The van der Waals surface area contributed by atoms with Crippen molar-refractivity contribution in [3.05, 3.63) is 48.5 Å². The quantitative estimate of drug-likeness (QED) is 0.713. The maximum atomic E-state index is 8.51. The molecule has 1 aromatic heterocycles. The summed E-state index contributed by atoms with van der Waals surface area (Å²) >= 11 is 0. The van der Waals surface area contributed by atoms with Gasteiger partial charge in [-0.25, -0.2) is 4.98 Å². The number of rotatable bonds is 2. The summed E-state index contributed by atoms with van der Waals surface area (Å²) in [7, 11) is 0. The van der Waals surface area contributed by atoms with Crippen molar-refractivity contribution in [1.82, 2.24) is 9.55 Å². The van der Waals surface area contributed by atoms with Gasteiger partial charge in [0.25, 0.3) is 0 Å². The maximum absolute atomic E-state index is 8.51. The monoisotopic (exact) mass is 183 g/mol. The number of hydrogen-bond donors (Lipinski definition) is 0. The van der Waals surface area contributed by atoms with E-state index in [1.807, 2.05) is 35.0 Å². The molecule has 0 fully saturated rings. The lowest BCUT2D eigenvalue weighted by atomic mass is 10.1. The lowest BCUT2D eigenvalue weighted by Crippen LogP contribution is -1.90. The van der Waals surface area contributed by atoms with E-state index in [1.54, 1.807) is 12.5 Å². The van der Waals surface area contributed by atoms with Gasteiger partial charge < -0.3 is 4.57 Å². The van der Waals surface area contributed by atoms with Gasteiger partial charge in [-0.15, -0.1) is 0 Å².